The molecule has 1 heterocycles. The fourth-order valence-electron chi connectivity index (χ4n) is 3.05. The van der Waals surface area contributed by atoms with E-state index in [4.69, 9.17) is 9.47 Å². The summed E-state index contributed by atoms with van der Waals surface area (Å²) in [6.07, 6.45) is 0.594. The maximum atomic E-state index is 13.1. The highest BCUT2D eigenvalue weighted by Gasteiger charge is 2.15. The first-order chi connectivity index (χ1) is 15.9. The smallest absolute Gasteiger partial charge is 0.251 e. The third-order valence-corrected chi connectivity index (χ3v) is 5.70. The summed E-state index contributed by atoms with van der Waals surface area (Å²) < 4.78 is 24.1. The molecule has 7 nitrogen and oxygen atoms in total. The highest BCUT2D eigenvalue weighted by Crippen LogP contribution is 2.28. The number of hydrogen-bond donors (Lipinski definition) is 2. The molecule has 0 aliphatic heterocycles. The molecule has 3 aromatic rings. The molecule has 3 rings (SSSR count). The first-order valence-electron chi connectivity index (χ1n) is 10.6. The van der Waals surface area contributed by atoms with E-state index >= 15 is 0 Å². The van der Waals surface area contributed by atoms with Crippen molar-refractivity contribution in [3.8, 4) is 11.5 Å². The van der Waals surface area contributed by atoms with Crippen LogP contribution < -0.4 is 20.1 Å². The summed E-state index contributed by atoms with van der Waals surface area (Å²) in [7, 11) is 0. The molecule has 0 atom stereocenters. The predicted octanol–water partition coefficient (Wildman–Crippen LogP) is 4.35. The SMILES string of the molecule is CCOc1ccc(C(=O)NCC(=O)Nc2nc(C)c(Cc3ccc(F)cc3)s2)cc1OCC. The molecule has 0 saturated carbocycles. The molecule has 0 saturated heterocycles. The molecule has 2 aromatic carbocycles. The Balaban J connectivity index is 1.56. The number of benzene rings is 2. The molecule has 33 heavy (non-hydrogen) atoms. The summed E-state index contributed by atoms with van der Waals surface area (Å²) in [5.74, 6) is -0.0374. The molecule has 0 spiro atoms. The normalized spacial score (nSPS) is 10.5. The number of carbonyl (C=O) groups excluding carboxylic acids is 2. The zero-order valence-electron chi connectivity index (χ0n) is 18.7. The van der Waals surface area contributed by atoms with Crippen molar-refractivity contribution in [2.75, 3.05) is 25.1 Å². The Morgan fingerprint density at radius 3 is 2.42 bits per heavy atom. The van der Waals surface area contributed by atoms with Crippen LogP contribution in [0.15, 0.2) is 42.5 Å². The quantitative estimate of drug-likeness (QED) is 0.459. The molecular formula is C24H26FN3O4S. The molecule has 0 bridgehead atoms. The maximum absolute atomic E-state index is 13.1. The van der Waals surface area contributed by atoms with Crippen molar-refractivity contribution in [3.63, 3.8) is 0 Å². The summed E-state index contributed by atoms with van der Waals surface area (Å²) in [4.78, 5) is 30.2. The maximum Gasteiger partial charge on any atom is 0.251 e. The van der Waals surface area contributed by atoms with Gasteiger partial charge in [-0.2, -0.15) is 0 Å². The van der Waals surface area contributed by atoms with Gasteiger partial charge < -0.3 is 20.1 Å². The highest BCUT2D eigenvalue weighted by atomic mass is 32.1. The van der Waals surface area contributed by atoms with Gasteiger partial charge in [-0.15, -0.1) is 11.3 Å². The van der Waals surface area contributed by atoms with Crippen LogP contribution in [0.25, 0.3) is 0 Å². The highest BCUT2D eigenvalue weighted by molar-refractivity contribution is 7.15. The average molecular weight is 472 g/mol. The standard InChI is InChI=1S/C24H26FN3O4S/c1-4-31-19-11-8-17(13-20(19)32-5-2)23(30)26-14-22(29)28-24-27-15(3)21(33-24)12-16-6-9-18(25)10-7-16/h6-11,13H,4-5,12,14H2,1-3H3,(H,26,30)(H,27,28,29). The number of ether oxygens (including phenoxy) is 2. The lowest BCUT2D eigenvalue weighted by Gasteiger charge is -2.12. The molecule has 2 N–H and O–H groups in total. The minimum atomic E-state index is -0.401. The number of nitrogens with zero attached hydrogens (tertiary/aromatic N) is 1. The minimum absolute atomic E-state index is 0.206. The lowest BCUT2D eigenvalue weighted by Crippen LogP contribution is -2.32. The van der Waals surface area contributed by atoms with Crippen molar-refractivity contribution in [1.29, 1.82) is 0 Å². The van der Waals surface area contributed by atoms with E-state index in [9.17, 15) is 14.0 Å². The summed E-state index contributed by atoms with van der Waals surface area (Å²) in [6.45, 7) is 6.27. The van der Waals surface area contributed by atoms with Gasteiger partial charge >= 0.3 is 0 Å². The molecule has 0 fully saturated rings. The van der Waals surface area contributed by atoms with Crippen LogP contribution in [0.5, 0.6) is 11.5 Å². The third kappa shape index (κ3) is 6.76. The van der Waals surface area contributed by atoms with Gasteiger partial charge in [-0.05, 0) is 56.7 Å². The van der Waals surface area contributed by atoms with Crippen LogP contribution in [-0.4, -0.2) is 36.6 Å². The van der Waals surface area contributed by atoms with E-state index in [1.807, 2.05) is 20.8 Å². The Bertz CT molecular complexity index is 1120. The van der Waals surface area contributed by atoms with Crippen molar-refractivity contribution in [2.24, 2.45) is 0 Å². The number of carbonyl (C=O) groups is 2. The van der Waals surface area contributed by atoms with Gasteiger partial charge in [-0.25, -0.2) is 9.37 Å². The molecule has 2 amide bonds. The number of nitrogens with one attached hydrogen (secondary N) is 2. The van der Waals surface area contributed by atoms with Crippen LogP contribution in [0.3, 0.4) is 0 Å². The fraction of sp³-hybridized carbons (Fsp3) is 0.292. The van der Waals surface area contributed by atoms with Crippen LogP contribution in [0.4, 0.5) is 9.52 Å². The minimum Gasteiger partial charge on any atom is -0.490 e. The van der Waals surface area contributed by atoms with Gasteiger partial charge in [0.05, 0.1) is 25.5 Å². The number of amides is 2. The Kier molecular flexibility index (Phi) is 8.37. The van der Waals surface area contributed by atoms with E-state index in [1.165, 1.54) is 23.5 Å². The lowest BCUT2D eigenvalue weighted by atomic mass is 10.1. The van der Waals surface area contributed by atoms with Gasteiger partial charge in [0.2, 0.25) is 5.91 Å². The van der Waals surface area contributed by atoms with Gasteiger partial charge in [-0.3, -0.25) is 9.59 Å². The molecule has 1 aromatic heterocycles. The topological polar surface area (TPSA) is 89.5 Å². The van der Waals surface area contributed by atoms with Gasteiger partial charge in [0.1, 0.15) is 5.82 Å². The van der Waals surface area contributed by atoms with Gasteiger partial charge in [0, 0.05) is 16.9 Å². The largest absolute Gasteiger partial charge is 0.490 e. The molecule has 0 aliphatic rings. The number of aromatic nitrogens is 1. The number of thiazole rings is 1. The van der Waals surface area contributed by atoms with E-state index in [-0.39, 0.29) is 18.3 Å². The van der Waals surface area contributed by atoms with Crippen LogP contribution in [0, 0.1) is 12.7 Å². The van der Waals surface area contributed by atoms with Gasteiger partial charge in [0.15, 0.2) is 16.6 Å². The van der Waals surface area contributed by atoms with E-state index < -0.39 is 5.91 Å². The Hall–Kier alpha value is -3.46. The summed E-state index contributed by atoms with van der Waals surface area (Å²) in [5, 5.41) is 5.76. The van der Waals surface area contributed by atoms with Crippen LogP contribution >= 0.6 is 11.3 Å². The number of rotatable bonds is 10. The first-order valence-corrected chi connectivity index (χ1v) is 11.4. The molecule has 0 radical (unpaired) electrons. The number of halogens is 1. The summed E-state index contributed by atoms with van der Waals surface area (Å²) >= 11 is 1.35. The molecule has 9 heteroatoms. The van der Waals surface area contributed by atoms with E-state index in [0.717, 1.165) is 16.1 Å². The second kappa shape index (κ2) is 11.4. The third-order valence-electron chi connectivity index (χ3n) is 4.63. The summed E-state index contributed by atoms with van der Waals surface area (Å²) in [6, 6.07) is 11.2. The van der Waals surface area contributed by atoms with E-state index in [1.54, 1.807) is 30.3 Å². The number of aryl methyl sites for hydroxylation is 1. The van der Waals surface area contributed by atoms with E-state index in [2.05, 4.69) is 15.6 Å². The van der Waals surface area contributed by atoms with Crippen LogP contribution in [0.1, 0.15) is 40.3 Å². The van der Waals surface area contributed by atoms with Crippen molar-refractivity contribution in [3.05, 3.63) is 70.0 Å². The van der Waals surface area contributed by atoms with E-state index in [0.29, 0.717) is 41.8 Å². The average Bonchev–Trinajstić information content (AvgIpc) is 3.13. The molecule has 0 unspecified atom stereocenters. The second-order valence-electron chi connectivity index (χ2n) is 7.09. The van der Waals surface area contributed by atoms with Crippen molar-refractivity contribution >= 4 is 28.3 Å². The lowest BCUT2D eigenvalue weighted by molar-refractivity contribution is -0.115. The first kappa shape index (κ1) is 24.2. The van der Waals surface area contributed by atoms with Crippen molar-refractivity contribution < 1.29 is 23.5 Å². The zero-order valence-corrected chi connectivity index (χ0v) is 19.6. The van der Waals surface area contributed by atoms with Gasteiger partial charge in [-0.1, -0.05) is 12.1 Å². The molecule has 174 valence electrons. The van der Waals surface area contributed by atoms with Crippen LogP contribution in [0.2, 0.25) is 0 Å². The van der Waals surface area contributed by atoms with Gasteiger partial charge in [0.25, 0.3) is 5.91 Å². The van der Waals surface area contributed by atoms with Crippen molar-refractivity contribution in [2.45, 2.75) is 27.2 Å². The Morgan fingerprint density at radius 2 is 1.73 bits per heavy atom. The zero-order chi connectivity index (χ0) is 23.8. The number of anilines is 1. The fourth-order valence-corrected chi connectivity index (χ4v) is 4.06. The summed E-state index contributed by atoms with van der Waals surface area (Å²) in [5.41, 5.74) is 2.11. The predicted molar refractivity (Wildman–Crippen MR) is 126 cm³/mol. The van der Waals surface area contributed by atoms with Crippen LogP contribution in [-0.2, 0) is 11.2 Å². The second-order valence-corrected chi connectivity index (χ2v) is 8.17. The number of hydrogen-bond acceptors (Lipinski definition) is 6. The molecular weight excluding hydrogens is 445 g/mol. The Morgan fingerprint density at radius 1 is 1.03 bits per heavy atom. The molecule has 0 aliphatic carbocycles. The van der Waals surface area contributed by atoms with Crippen molar-refractivity contribution in [1.82, 2.24) is 10.3 Å². The Labute approximate surface area is 196 Å². The monoisotopic (exact) mass is 471 g/mol.